The van der Waals surface area contributed by atoms with Crippen LogP contribution >= 0.6 is 0 Å². The van der Waals surface area contributed by atoms with Crippen molar-refractivity contribution in [2.24, 2.45) is 4.99 Å². The maximum Gasteiger partial charge on any atom is 0.293 e. The Balaban J connectivity index is 1.80. The zero-order valence-electron chi connectivity index (χ0n) is 21.1. The minimum absolute atomic E-state index is 0.0251. The van der Waals surface area contributed by atoms with Crippen LogP contribution in [0.3, 0.4) is 0 Å². The number of aromatic nitrogens is 1. The van der Waals surface area contributed by atoms with Gasteiger partial charge in [-0.15, -0.1) is 0 Å². The van der Waals surface area contributed by atoms with Crippen LogP contribution in [0.5, 0.6) is 0 Å². The molecule has 0 atom stereocenters. The van der Waals surface area contributed by atoms with Crippen LogP contribution in [0.4, 0.5) is 22.0 Å². The number of Topliss-reactive ketones (excluding diaryl/α,β-unsaturated/α-hetero) is 1. The quantitative estimate of drug-likeness (QED) is 0.182. The molecule has 206 valence electrons. The van der Waals surface area contributed by atoms with Crippen molar-refractivity contribution in [2.45, 2.75) is 64.0 Å². The second-order valence-electron chi connectivity index (χ2n) is 9.18. The van der Waals surface area contributed by atoms with Gasteiger partial charge in [-0.05, 0) is 38.3 Å². The molecule has 3 rings (SSSR count). The lowest BCUT2D eigenvalue weighted by Crippen LogP contribution is -2.65. The van der Waals surface area contributed by atoms with Crippen LogP contribution in [0.1, 0.15) is 58.3 Å². The Labute approximate surface area is 215 Å². The van der Waals surface area contributed by atoms with Gasteiger partial charge in [0.1, 0.15) is 17.2 Å². The third kappa shape index (κ3) is 5.55. The highest BCUT2D eigenvalue weighted by Gasteiger charge is 2.59. The molecule has 1 fully saturated rings. The molecule has 8 nitrogen and oxygen atoms in total. The number of hydrogen-bond acceptors (Lipinski definition) is 5. The fourth-order valence-corrected chi connectivity index (χ4v) is 4.80. The molecular formula is C25H28F5N5O3. The number of likely N-dealkylation sites (N-methyl/N-ethyl adjacent to an activating group) is 1. The first-order chi connectivity index (χ1) is 17.7. The van der Waals surface area contributed by atoms with Crippen molar-refractivity contribution in [3.05, 3.63) is 58.6 Å². The van der Waals surface area contributed by atoms with E-state index in [-0.39, 0.29) is 22.5 Å². The number of nitrogens with one attached hydrogen (secondary N) is 3. The van der Waals surface area contributed by atoms with E-state index in [9.17, 15) is 36.3 Å². The van der Waals surface area contributed by atoms with E-state index in [4.69, 9.17) is 0 Å². The zero-order chi connectivity index (χ0) is 28.4. The lowest BCUT2D eigenvalue weighted by molar-refractivity contribution is -0.138. The van der Waals surface area contributed by atoms with Gasteiger partial charge in [-0.3, -0.25) is 19.4 Å². The minimum Gasteiger partial charge on any atom is -0.390 e. The largest absolute Gasteiger partial charge is 0.390 e. The Morgan fingerprint density at radius 3 is 2.42 bits per heavy atom. The topological polar surface area (TPSA) is 105 Å². The van der Waals surface area contributed by atoms with Gasteiger partial charge < -0.3 is 20.5 Å². The first kappa shape index (κ1) is 28.8. The number of hydrogen-bond donors (Lipinski definition) is 3. The van der Waals surface area contributed by atoms with E-state index in [0.717, 1.165) is 25.4 Å². The van der Waals surface area contributed by atoms with Crippen LogP contribution in [0.2, 0.25) is 0 Å². The number of halogens is 5. The fourth-order valence-electron chi connectivity index (χ4n) is 4.80. The van der Waals surface area contributed by atoms with Crippen molar-refractivity contribution in [1.29, 1.82) is 0 Å². The Morgan fingerprint density at radius 2 is 1.87 bits per heavy atom. The molecule has 0 saturated heterocycles. The highest BCUT2D eigenvalue weighted by atomic mass is 19.3. The van der Waals surface area contributed by atoms with E-state index in [0.29, 0.717) is 25.1 Å². The summed E-state index contributed by atoms with van der Waals surface area (Å²) >= 11 is 0. The Kier molecular flexibility index (Phi) is 8.27. The molecule has 2 aliphatic rings. The third-order valence-corrected chi connectivity index (χ3v) is 6.58. The molecular weight excluding hydrogens is 513 g/mol. The standard InChI is InChI=1S/C25H28F5N5O3/c1-13-17(20(36)23(38)34-24(15(3)31-4)11-25(29,30)12-24)16-7-5-10-35(16)19(13)22(37)33-9-6-8-32-18(14(2)26)21(27)28/h6,8-9,21,31H,3,5,7,10-12H2,1-2,4H3,(H,33,37)(H,34,38)/b9-6+,18-14+,32-8-. The molecule has 0 aromatic carbocycles. The number of carbonyl (C=O) groups is 3. The van der Waals surface area contributed by atoms with Gasteiger partial charge in [0.15, 0.2) is 0 Å². The molecule has 0 radical (unpaired) electrons. The van der Waals surface area contributed by atoms with E-state index in [1.807, 2.05) is 0 Å². The number of rotatable bonds is 10. The number of allylic oxidation sites excluding steroid dienone is 3. The first-order valence-corrected chi connectivity index (χ1v) is 11.7. The van der Waals surface area contributed by atoms with Gasteiger partial charge in [0.25, 0.3) is 29.9 Å². The molecule has 1 saturated carbocycles. The van der Waals surface area contributed by atoms with Crippen LogP contribution in [-0.4, -0.2) is 53.3 Å². The summed E-state index contributed by atoms with van der Waals surface area (Å²) in [5, 5.41) is 7.50. The van der Waals surface area contributed by atoms with Gasteiger partial charge in [-0.25, -0.2) is 22.0 Å². The molecule has 2 amide bonds. The zero-order valence-corrected chi connectivity index (χ0v) is 21.1. The molecule has 0 unspecified atom stereocenters. The summed E-state index contributed by atoms with van der Waals surface area (Å²) < 4.78 is 67.5. The fraction of sp³-hybridized carbons (Fsp3) is 0.440. The van der Waals surface area contributed by atoms with Crippen molar-refractivity contribution < 1.29 is 36.3 Å². The van der Waals surface area contributed by atoms with Crippen molar-refractivity contribution >= 4 is 23.8 Å². The first-order valence-electron chi connectivity index (χ1n) is 11.7. The minimum atomic E-state index is -3.11. The molecule has 13 heteroatoms. The number of aliphatic imine (C=N–C) groups is 1. The molecule has 2 heterocycles. The molecule has 0 spiro atoms. The molecule has 1 aliphatic carbocycles. The van der Waals surface area contributed by atoms with Gasteiger partial charge in [0, 0.05) is 50.2 Å². The van der Waals surface area contributed by atoms with E-state index in [2.05, 4.69) is 27.5 Å². The van der Waals surface area contributed by atoms with Gasteiger partial charge in [-0.2, -0.15) is 0 Å². The highest BCUT2D eigenvalue weighted by molar-refractivity contribution is 6.44. The monoisotopic (exact) mass is 541 g/mol. The average Bonchev–Trinajstić information content (AvgIpc) is 3.37. The maximum atomic E-state index is 13.7. The summed E-state index contributed by atoms with van der Waals surface area (Å²) in [4.78, 5) is 42.3. The van der Waals surface area contributed by atoms with Crippen molar-refractivity contribution in [3.8, 4) is 0 Å². The van der Waals surface area contributed by atoms with Crippen molar-refractivity contribution in [2.75, 3.05) is 7.05 Å². The Morgan fingerprint density at radius 1 is 1.21 bits per heavy atom. The molecule has 38 heavy (non-hydrogen) atoms. The van der Waals surface area contributed by atoms with Crippen molar-refractivity contribution in [3.63, 3.8) is 0 Å². The summed E-state index contributed by atoms with van der Waals surface area (Å²) in [6.07, 6.45) is -0.365. The average molecular weight is 542 g/mol. The summed E-state index contributed by atoms with van der Waals surface area (Å²) in [7, 11) is 1.47. The Bertz CT molecular complexity index is 1250. The van der Waals surface area contributed by atoms with Crippen LogP contribution in [0.25, 0.3) is 0 Å². The summed E-state index contributed by atoms with van der Waals surface area (Å²) in [5.41, 5.74) is -1.51. The maximum absolute atomic E-state index is 13.7. The van der Waals surface area contributed by atoms with E-state index in [1.165, 1.54) is 14.0 Å². The number of ketones is 1. The molecule has 1 aromatic rings. The predicted octanol–water partition coefficient (Wildman–Crippen LogP) is 3.72. The number of carbonyl (C=O) groups excluding carboxylic acids is 3. The Hall–Kier alpha value is -3.77. The van der Waals surface area contributed by atoms with E-state index in [1.54, 1.807) is 4.57 Å². The lowest BCUT2D eigenvalue weighted by Gasteiger charge is -2.48. The highest BCUT2D eigenvalue weighted by Crippen LogP contribution is 2.48. The molecule has 1 aromatic heterocycles. The number of fused-ring (bicyclic) bond motifs is 1. The number of alkyl halides is 4. The normalized spacial score (nSPS) is 18.2. The lowest BCUT2D eigenvalue weighted by atomic mass is 9.71. The molecule has 1 aliphatic heterocycles. The van der Waals surface area contributed by atoms with E-state index < -0.39 is 59.9 Å². The van der Waals surface area contributed by atoms with Crippen LogP contribution in [0, 0.1) is 6.92 Å². The summed E-state index contributed by atoms with van der Waals surface area (Å²) in [6.45, 7) is 6.43. The summed E-state index contributed by atoms with van der Waals surface area (Å²) in [6, 6.07) is 0. The van der Waals surface area contributed by atoms with Crippen molar-refractivity contribution in [1.82, 2.24) is 20.5 Å². The second-order valence-corrected chi connectivity index (χ2v) is 9.18. The van der Waals surface area contributed by atoms with Gasteiger partial charge in [0.2, 0.25) is 0 Å². The number of amides is 2. The molecule has 3 N–H and O–H groups in total. The second kappa shape index (κ2) is 10.9. The van der Waals surface area contributed by atoms with Gasteiger partial charge in [-0.1, -0.05) is 6.58 Å². The van der Waals surface area contributed by atoms with E-state index >= 15 is 0 Å². The SMILES string of the molecule is C=C(NC)C1(NC(=O)C(=O)c2c(C)c(C(=O)N/C=C/C=N\C(=C(/C)F)C(F)F)n3c2CCC3)CC(F)(F)C1. The summed E-state index contributed by atoms with van der Waals surface area (Å²) in [5.74, 6) is -6.83. The predicted molar refractivity (Wildman–Crippen MR) is 130 cm³/mol. The van der Waals surface area contributed by atoms with Crippen LogP contribution in [0.15, 0.2) is 41.1 Å². The van der Waals surface area contributed by atoms with Crippen LogP contribution < -0.4 is 16.0 Å². The van der Waals surface area contributed by atoms with Gasteiger partial charge in [0.05, 0.1) is 11.1 Å². The number of nitrogens with zero attached hydrogens (tertiary/aromatic N) is 2. The third-order valence-electron chi connectivity index (χ3n) is 6.58. The smallest absolute Gasteiger partial charge is 0.293 e. The van der Waals surface area contributed by atoms with Crippen LogP contribution in [-0.2, 0) is 17.8 Å². The molecule has 0 bridgehead atoms. The van der Waals surface area contributed by atoms with Gasteiger partial charge >= 0.3 is 0 Å².